The Morgan fingerprint density at radius 3 is 1.61 bits per heavy atom. The molecule has 0 amide bonds. The Morgan fingerprint density at radius 1 is 0.303 bits per heavy atom. The van der Waals surface area contributed by atoms with Gasteiger partial charge in [0.25, 0.3) is 0 Å². The summed E-state index contributed by atoms with van der Waals surface area (Å²) in [6.45, 7) is 4.68. The summed E-state index contributed by atoms with van der Waals surface area (Å²) in [5.41, 5.74) is 26.4. The zero-order chi connectivity index (χ0) is 71.5. The minimum atomic E-state index is -0.634. The van der Waals surface area contributed by atoms with E-state index in [-0.39, 0.29) is 5.41 Å². The summed E-state index contributed by atoms with van der Waals surface area (Å²) < 4.78 is 25.4. The molecular weight excluding hydrogens is 1340 g/mol. The minimum absolute atomic E-state index is 0.297. The zero-order valence-corrected chi connectivity index (χ0v) is 59.0. The summed E-state index contributed by atoms with van der Waals surface area (Å²) in [4.78, 5) is 27.6. The number of rotatable bonds is 8. The van der Waals surface area contributed by atoms with Crippen LogP contribution in [-0.2, 0) is 10.8 Å². The second kappa shape index (κ2) is 22.1. The molecule has 10 heteroatoms. The number of aromatic nitrogens is 7. The SMILES string of the molecule is CC1(C)c2ccccc2-c2cc3c4cc(-c5cccc(-c6nc(-c7ccccc7)nc(-c7cccc(-n8c9cc%10c(cc9c9ccc%11oc%12ccccc%12c%11c98)-c8ccccc8C%10(c8ccccc8)c8ccccc8)c7)n6)c5)c5oc6ccccc6c5c4n(-c4nc5c6c(cccc6n4)Oc4ccccc4-5)c3cc21. The lowest BCUT2D eigenvalue weighted by atomic mass is 9.67. The van der Waals surface area contributed by atoms with E-state index in [0.717, 1.165) is 155 Å². The van der Waals surface area contributed by atoms with Gasteiger partial charge in [-0.25, -0.2) is 24.9 Å². The smallest absolute Gasteiger partial charge is 0.235 e. The average Bonchev–Trinajstić information content (AvgIpc) is 1.53. The molecule has 10 nitrogen and oxygen atoms in total. The third-order valence-electron chi connectivity index (χ3n) is 23.6. The molecule has 508 valence electrons. The maximum absolute atomic E-state index is 7.28. The molecule has 15 aromatic carbocycles. The Kier molecular flexibility index (Phi) is 12.2. The first-order valence-electron chi connectivity index (χ1n) is 37.1. The number of nitrogens with zero attached hydrogens (tertiary/aromatic N) is 7. The van der Waals surface area contributed by atoms with Crippen LogP contribution in [0.15, 0.2) is 330 Å². The van der Waals surface area contributed by atoms with Crippen LogP contribution in [0.5, 0.6) is 11.5 Å². The largest absolute Gasteiger partial charge is 0.456 e. The third-order valence-corrected chi connectivity index (χ3v) is 23.6. The normalized spacial score (nSPS) is 13.6. The predicted octanol–water partition coefficient (Wildman–Crippen LogP) is 24.9. The lowest BCUT2D eigenvalue weighted by Crippen LogP contribution is -2.28. The predicted molar refractivity (Wildman–Crippen MR) is 438 cm³/mol. The van der Waals surface area contributed by atoms with Crippen molar-refractivity contribution >= 4 is 98.4 Å². The van der Waals surface area contributed by atoms with Crippen molar-refractivity contribution in [2.45, 2.75) is 24.7 Å². The molecular formula is C99H59N7O3. The molecule has 7 heterocycles. The van der Waals surface area contributed by atoms with Crippen LogP contribution < -0.4 is 4.74 Å². The van der Waals surface area contributed by atoms with E-state index in [4.69, 9.17) is 38.5 Å². The molecule has 0 saturated heterocycles. The quantitative estimate of drug-likeness (QED) is 0.148. The standard InChI is InChI=1S/C99H59N7O3/c1-98(2)75-40-17-12-35-63(75)70-52-73-74-51-69(93-88(67-38-15-20-44-83(67)109-93)92(74)106(81(73)54-77(70)98)97-100-79-42-24-46-85-89(79)90(101-97)68-39-16-21-45-84(68)108-85)57-27-22-28-58(49-57)95-102-94(56-25-6-3-7-26-56)103-96(104-95)59-29-23-34-62(50-59)105-80-55-78-71(53-72(80)65-47-48-86-87(91(65)105)66-37-14-19-43-82(66)107-86)64-36-13-18-41-76(64)99(78,60-30-8-4-9-31-60)61-32-10-5-11-33-61/h3-55H,1-2H3. The van der Waals surface area contributed by atoms with E-state index >= 15 is 0 Å². The highest BCUT2D eigenvalue weighted by Crippen LogP contribution is 2.59. The molecule has 0 saturated carbocycles. The maximum Gasteiger partial charge on any atom is 0.235 e. The number of hydrogen-bond acceptors (Lipinski definition) is 8. The first-order valence-corrected chi connectivity index (χ1v) is 37.1. The fourth-order valence-corrected chi connectivity index (χ4v) is 18.9. The van der Waals surface area contributed by atoms with Crippen molar-refractivity contribution in [1.29, 1.82) is 0 Å². The van der Waals surface area contributed by atoms with Crippen LogP contribution in [0.1, 0.15) is 47.2 Å². The number of para-hydroxylation sites is 3. The van der Waals surface area contributed by atoms with Crippen molar-refractivity contribution in [2.24, 2.45) is 0 Å². The second-order valence-corrected chi connectivity index (χ2v) is 29.7. The average molecular weight is 1390 g/mol. The summed E-state index contributed by atoms with van der Waals surface area (Å²) in [7, 11) is 0. The number of ether oxygens (including phenoxy) is 1. The summed E-state index contributed by atoms with van der Waals surface area (Å²) in [6, 6.07) is 115. The van der Waals surface area contributed by atoms with E-state index in [0.29, 0.717) is 23.4 Å². The van der Waals surface area contributed by atoms with Gasteiger partial charge >= 0.3 is 0 Å². The van der Waals surface area contributed by atoms with Crippen LogP contribution in [-0.4, -0.2) is 34.1 Å². The molecule has 0 atom stereocenters. The van der Waals surface area contributed by atoms with Crippen LogP contribution in [0.25, 0.3) is 189 Å². The third kappa shape index (κ3) is 8.31. The van der Waals surface area contributed by atoms with Gasteiger partial charge < -0.3 is 18.1 Å². The van der Waals surface area contributed by atoms with Gasteiger partial charge in [-0.3, -0.25) is 4.57 Å². The number of benzene rings is 15. The molecule has 24 rings (SSSR count). The molecule has 21 aromatic rings. The van der Waals surface area contributed by atoms with Gasteiger partial charge in [0.1, 0.15) is 33.8 Å². The van der Waals surface area contributed by atoms with Crippen molar-refractivity contribution < 1.29 is 13.6 Å². The van der Waals surface area contributed by atoms with Gasteiger partial charge in [0.2, 0.25) is 5.95 Å². The summed E-state index contributed by atoms with van der Waals surface area (Å²) in [5.74, 6) is 3.65. The van der Waals surface area contributed by atoms with Crippen molar-refractivity contribution in [2.75, 3.05) is 0 Å². The van der Waals surface area contributed by atoms with E-state index < -0.39 is 5.41 Å². The summed E-state index contributed by atoms with van der Waals surface area (Å²) in [5, 5.41) is 9.29. The monoisotopic (exact) mass is 1390 g/mol. The molecule has 0 bridgehead atoms. The summed E-state index contributed by atoms with van der Waals surface area (Å²) >= 11 is 0. The van der Waals surface area contributed by atoms with Crippen LogP contribution in [0.4, 0.5) is 0 Å². The molecule has 109 heavy (non-hydrogen) atoms. The minimum Gasteiger partial charge on any atom is -0.456 e. The van der Waals surface area contributed by atoms with Gasteiger partial charge in [0.05, 0.1) is 54.9 Å². The lowest BCUT2D eigenvalue weighted by Gasteiger charge is -2.34. The number of furan rings is 2. The topological polar surface area (TPSA) is 110 Å². The van der Waals surface area contributed by atoms with Crippen LogP contribution in [0, 0.1) is 0 Å². The van der Waals surface area contributed by atoms with Crippen LogP contribution in [0.3, 0.4) is 0 Å². The molecule has 1 aliphatic heterocycles. The van der Waals surface area contributed by atoms with Gasteiger partial charge in [-0.15, -0.1) is 0 Å². The van der Waals surface area contributed by atoms with Crippen LogP contribution >= 0.6 is 0 Å². The van der Waals surface area contributed by atoms with E-state index in [9.17, 15) is 0 Å². The van der Waals surface area contributed by atoms with Gasteiger partial charge in [0.15, 0.2) is 17.5 Å². The van der Waals surface area contributed by atoms with Crippen molar-refractivity contribution in [3.05, 3.63) is 355 Å². The number of fused-ring (bicyclic) bond motifs is 22. The van der Waals surface area contributed by atoms with Gasteiger partial charge in [-0.05, 0) is 158 Å². The molecule has 2 aliphatic carbocycles. The Balaban J connectivity index is 0.724. The highest BCUT2D eigenvalue weighted by molar-refractivity contribution is 6.29. The highest BCUT2D eigenvalue weighted by Gasteiger charge is 2.47. The first kappa shape index (κ1) is 60.0. The zero-order valence-electron chi connectivity index (χ0n) is 59.0. The van der Waals surface area contributed by atoms with E-state index in [1.807, 2.05) is 60.7 Å². The van der Waals surface area contributed by atoms with E-state index in [1.165, 1.54) is 55.6 Å². The molecule has 0 unspecified atom stereocenters. The first-order chi connectivity index (χ1) is 53.8. The lowest BCUT2D eigenvalue weighted by molar-refractivity contribution is 0.486. The van der Waals surface area contributed by atoms with Crippen LogP contribution in [0.2, 0.25) is 0 Å². The Hall–Kier alpha value is -14.4. The van der Waals surface area contributed by atoms with Crippen molar-refractivity contribution in [3.8, 4) is 102 Å². The fourth-order valence-electron chi connectivity index (χ4n) is 18.9. The Bertz CT molecular complexity index is 7510. The second-order valence-electron chi connectivity index (χ2n) is 29.7. The molecule has 6 aromatic heterocycles. The van der Waals surface area contributed by atoms with E-state index in [2.05, 4.69) is 284 Å². The summed E-state index contributed by atoms with van der Waals surface area (Å²) in [6.07, 6.45) is 0. The highest BCUT2D eigenvalue weighted by atomic mass is 16.5. The van der Waals surface area contributed by atoms with Gasteiger partial charge in [-0.2, -0.15) is 0 Å². The van der Waals surface area contributed by atoms with E-state index in [1.54, 1.807) is 0 Å². The molecule has 0 radical (unpaired) electrons. The molecule has 0 fully saturated rings. The maximum atomic E-state index is 7.28. The van der Waals surface area contributed by atoms with Crippen molar-refractivity contribution in [1.82, 2.24) is 34.1 Å². The Labute approximate surface area is 623 Å². The molecule has 0 spiro atoms. The number of hydrogen-bond donors (Lipinski definition) is 0. The molecule has 0 N–H and O–H groups in total. The van der Waals surface area contributed by atoms with Gasteiger partial charge in [0, 0.05) is 71.2 Å². The molecule has 3 aliphatic rings. The van der Waals surface area contributed by atoms with Crippen molar-refractivity contribution in [3.63, 3.8) is 0 Å². The Morgan fingerprint density at radius 2 is 0.844 bits per heavy atom. The van der Waals surface area contributed by atoms with Gasteiger partial charge in [-0.1, -0.05) is 238 Å². The fraction of sp³-hybridized carbons (Fsp3) is 0.0404.